The predicted octanol–water partition coefficient (Wildman–Crippen LogP) is 2.91. The maximum atomic E-state index is 13.2. The molecule has 2 N–H and O–H groups in total. The molecule has 0 saturated heterocycles. The van der Waals surface area contributed by atoms with Crippen LogP contribution in [0, 0.1) is 5.82 Å². The van der Waals surface area contributed by atoms with E-state index in [0.29, 0.717) is 16.3 Å². The number of fused-ring (bicyclic) bond motifs is 3. The molecule has 6 nitrogen and oxygen atoms in total. The van der Waals surface area contributed by atoms with Crippen LogP contribution in [0.5, 0.6) is 0 Å². The third-order valence-electron chi connectivity index (χ3n) is 4.04. The Bertz CT molecular complexity index is 1210. The van der Waals surface area contributed by atoms with Crippen molar-refractivity contribution in [1.29, 1.82) is 0 Å². The summed E-state index contributed by atoms with van der Waals surface area (Å²) >= 11 is 1.08. The summed E-state index contributed by atoms with van der Waals surface area (Å²) in [6.45, 7) is 0.167. The zero-order valence-corrected chi connectivity index (χ0v) is 14.8. The Morgan fingerprint density at radius 3 is 2.67 bits per heavy atom. The van der Waals surface area contributed by atoms with Crippen LogP contribution < -0.4 is 11.3 Å². The highest BCUT2D eigenvalue weighted by Gasteiger charge is 2.18. The number of nitrogens with two attached hydrogens (primary N) is 1. The van der Waals surface area contributed by atoms with E-state index in [1.807, 2.05) is 18.2 Å². The molecule has 4 rings (SSSR count). The van der Waals surface area contributed by atoms with Crippen LogP contribution >= 0.6 is 11.8 Å². The third-order valence-corrected chi connectivity index (χ3v) is 5.04. The van der Waals surface area contributed by atoms with Crippen molar-refractivity contribution in [2.45, 2.75) is 11.7 Å². The van der Waals surface area contributed by atoms with Gasteiger partial charge in [0.15, 0.2) is 5.16 Å². The first-order chi connectivity index (χ1) is 13.0. The SMILES string of the molecule is NC(=O)CSc1nc2c(oc3ccccc32)c(=O)n1Cc1ccc(F)cc1. The minimum atomic E-state index is -0.514. The predicted molar refractivity (Wildman–Crippen MR) is 101 cm³/mol. The molecule has 2 heterocycles. The van der Waals surface area contributed by atoms with Gasteiger partial charge in [-0.1, -0.05) is 36.0 Å². The van der Waals surface area contributed by atoms with Gasteiger partial charge < -0.3 is 10.2 Å². The number of halogens is 1. The molecule has 8 heteroatoms. The van der Waals surface area contributed by atoms with Gasteiger partial charge in [-0.2, -0.15) is 0 Å². The summed E-state index contributed by atoms with van der Waals surface area (Å²) in [6.07, 6.45) is 0. The van der Waals surface area contributed by atoms with Crippen LogP contribution in [0.2, 0.25) is 0 Å². The highest BCUT2D eigenvalue weighted by Crippen LogP contribution is 2.27. The Kier molecular flexibility index (Phi) is 4.41. The van der Waals surface area contributed by atoms with E-state index in [-0.39, 0.29) is 29.3 Å². The van der Waals surface area contributed by atoms with E-state index >= 15 is 0 Å². The number of benzene rings is 2. The Balaban J connectivity index is 1.90. The molecule has 27 heavy (non-hydrogen) atoms. The van der Waals surface area contributed by atoms with Crippen molar-refractivity contribution < 1.29 is 13.6 Å². The zero-order valence-electron chi connectivity index (χ0n) is 14.0. The zero-order chi connectivity index (χ0) is 19.0. The van der Waals surface area contributed by atoms with E-state index in [2.05, 4.69) is 4.98 Å². The summed E-state index contributed by atoms with van der Waals surface area (Å²) in [4.78, 5) is 28.8. The number of rotatable bonds is 5. The van der Waals surface area contributed by atoms with E-state index in [1.54, 1.807) is 18.2 Å². The van der Waals surface area contributed by atoms with E-state index < -0.39 is 5.91 Å². The molecular formula is C19H14FN3O3S. The number of nitrogens with zero attached hydrogens (tertiary/aromatic N) is 2. The van der Waals surface area contributed by atoms with Gasteiger partial charge in [0.2, 0.25) is 11.5 Å². The van der Waals surface area contributed by atoms with Crippen LogP contribution in [0.1, 0.15) is 5.56 Å². The molecule has 2 aromatic carbocycles. The number of carbonyl (C=O) groups excluding carboxylic acids is 1. The van der Waals surface area contributed by atoms with Crippen molar-refractivity contribution in [2.75, 3.05) is 5.75 Å². The summed E-state index contributed by atoms with van der Waals surface area (Å²) in [7, 11) is 0. The van der Waals surface area contributed by atoms with E-state index in [1.165, 1.54) is 16.7 Å². The molecule has 2 aromatic heterocycles. The fourth-order valence-corrected chi connectivity index (χ4v) is 3.54. The summed E-state index contributed by atoms with van der Waals surface area (Å²) in [5.41, 5.74) is 6.74. The highest BCUT2D eigenvalue weighted by molar-refractivity contribution is 7.99. The number of carbonyl (C=O) groups is 1. The van der Waals surface area contributed by atoms with Crippen LogP contribution in [0.3, 0.4) is 0 Å². The van der Waals surface area contributed by atoms with Gasteiger partial charge in [0.05, 0.1) is 12.3 Å². The number of aromatic nitrogens is 2. The van der Waals surface area contributed by atoms with E-state index in [4.69, 9.17) is 10.2 Å². The topological polar surface area (TPSA) is 91.1 Å². The van der Waals surface area contributed by atoms with Crippen molar-refractivity contribution in [3.05, 3.63) is 70.3 Å². The molecule has 0 atom stereocenters. The number of furan rings is 1. The Labute approximate surface area is 156 Å². The quantitative estimate of drug-likeness (QED) is 0.423. The lowest BCUT2D eigenvalue weighted by molar-refractivity contribution is -0.115. The molecule has 0 aliphatic rings. The second-order valence-electron chi connectivity index (χ2n) is 5.94. The summed E-state index contributed by atoms with van der Waals surface area (Å²) in [5.74, 6) is -0.892. The van der Waals surface area contributed by atoms with Crippen LogP contribution in [-0.4, -0.2) is 21.2 Å². The van der Waals surface area contributed by atoms with E-state index in [0.717, 1.165) is 22.7 Å². The Morgan fingerprint density at radius 1 is 1.19 bits per heavy atom. The highest BCUT2D eigenvalue weighted by atomic mass is 32.2. The lowest BCUT2D eigenvalue weighted by Crippen LogP contribution is -2.24. The maximum Gasteiger partial charge on any atom is 0.298 e. The number of hydrogen-bond acceptors (Lipinski definition) is 5. The first-order valence-electron chi connectivity index (χ1n) is 8.10. The molecule has 0 unspecified atom stereocenters. The number of hydrogen-bond donors (Lipinski definition) is 1. The first kappa shape index (κ1) is 17.3. The molecular weight excluding hydrogens is 369 g/mol. The van der Waals surface area contributed by atoms with Gasteiger partial charge in [-0.3, -0.25) is 14.2 Å². The van der Waals surface area contributed by atoms with Gasteiger partial charge in [0.25, 0.3) is 5.56 Å². The van der Waals surface area contributed by atoms with Crippen LogP contribution in [-0.2, 0) is 11.3 Å². The van der Waals surface area contributed by atoms with Crippen molar-refractivity contribution in [1.82, 2.24) is 9.55 Å². The lowest BCUT2D eigenvalue weighted by atomic mass is 10.2. The van der Waals surface area contributed by atoms with Crippen molar-refractivity contribution in [2.24, 2.45) is 5.73 Å². The van der Waals surface area contributed by atoms with Gasteiger partial charge in [-0.15, -0.1) is 0 Å². The largest absolute Gasteiger partial charge is 0.448 e. The number of thioether (sulfide) groups is 1. The molecule has 4 aromatic rings. The monoisotopic (exact) mass is 383 g/mol. The fraction of sp³-hybridized carbons (Fsp3) is 0.105. The van der Waals surface area contributed by atoms with Gasteiger partial charge >= 0.3 is 0 Å². The first-order valence-corrected chi connectivity index (χ1v) is 9.09. The van der Waals surface area contributed by atoms with Crippen LogP contribution in [0.25, 0.3) is 22.1 Å². The molecule has 0 fully saturated rings. The average molecular weight is 383 g/mol. The smallest absolute Gasteiger partial charge is 0.298 e. The minimum absolute atomic E-state index is 0.0167. The van der Waals surface area contributed by atoms with Gasteiger partial charge in [0, 0.05) is 5.39 Å². The number of amides is 1. The second kappa shape index (κ2) is 6.88. The van der Waals surface area contributed by atoms with E-state index in [9.17, 15) is 14.0 Å². The number of para-hydroxylation sites is 1. The molecule has 0 spiro atoms. The van der Waals surface area contributed by atoms with Gasteiger partial charge in [0.1, 0.15) is 16.9 Å². The molecule has 0 aliphatic carbocycles. The lowest BCUT2D eigenvalue weighted by Gasteiger charge is -2.11. The van der Waals surface area contributed by atoms with Crippen molar-refractivity contribution in [3.8, 4) is 0 Å². The third kappa shape index (κ3) is 3.31. The fourth-order valence-electron chi connectivity index (χ4n) is 2.81. The van der Waals surface area contributed by atoms with Crippen LogP contribution in [0.15, 0.2) is 62.9 Å². The molecule has 136 valence electrons. The molecule has 0 radical (unpaired) electrons. The maximum absolute atomic E-state index is 13.2. The molecule has 0 saturated carbocycles. The summed E-state index contributed by atoms with van der Waals surface area (Å²) in [6, 6.07) is 13.1. The minimum Gasteiger partial charge on any atom is -0.448 e. The summed E-state index contributed by atoms with van der Waals surface area (Å²) in [5, 5.41) is 1.07. The van der Waals surface area contributed by atoms with Crippen molar-refractivity contribution >= 4 is 39.7 Å². The average Bonchev–Trinajstić information content (AvgIpc) is 3.03. The normalized spacial score (nSPS) is 11.3. The summed E-state index contributed by atoms with van der Waals surface area (Å²) < 4.78 is 20.3. The number of primary amides is 1. The molecule has 0 bridgehead atoms. The Hall–Kier alpha value is -3.13. The Morgan fingerprint density at radius 2 is 1.93 bits per heavy atom. The standard InChI is InChI=1S/C19H14FN3O3S/c20-12-7-5-11(6-8-12)9-23-18(25)17-16(22-19(23)27-10-15(21)24)13-3-1-2-4-14(13)26-17/h1-8H,9-10H2,(H2,21,24). The second-order valence-corrected chi connectivity index (χ2v) is 6.89. The molecule has 1 amide bonds. The van der Waals surface area contributed by atoms with Gasteiger partial charge in [-0.05, 0) is 29.8 Å². The molecule has 0 aliphatic heterocycles. The van der Waals surface area contributed by atoms with Gasteiger partial charge in [-0.25, -0.2) is 9.37 Å². The van der Waals surface area contributed by atoms with Crippen molar-refractivity contribution in [3.63, 3.8) is 0 Å². The van der Waals surface area contributed by atoms with Crippen LogP contribution in [0.4, 0.5) is 4.39 Å².